The average molecular weight is 443 g/mol. The lowest BCUT2D eigenvalue weighted by Crippen LogP contribution is -2.54. The van der Waals surface area contributed by atoms with Crippen LogP contribution in [0.1, 0.15) is 42.6 Å². The molecule has 3 aliphatic rings. The molecule has 0 spiro atoms. The number of anilines is 2. The second-order valence-corrected chi connectivity index (χ2v) is 8.55. The van der Waals surface area contributed by atoms with Crippen LogP contribution in [0.4, 0.5) is 24.7 Å². The van der Waals surface area contributed by atoms with E-state index in [1.807, 2.05) is 19.2 Å². The molecule has 3 fully saturated rings. The van der Waals surface area contributed by atoms with Crippen LogP contribution >= 0.6 is 0 Å². The summed E-state index contributed by atoms with van der Waals surface area (Å²) in [6.07, 6.45) is -0.117. The molecule has 2 unspecified atom stereocenters. The lowest BCUT2D eigenvalue weighted by Gasteiger charge is -2.46. The van der Waals surface area contributed by atoms with Crippen molar-refractivity contribution in [3.63, 3.8) is 0 Å². The van der Waals surface area contributed by atoms with Crippen LogP contribution in [-0.4, -0.2) is 40.5 Å². The molecule has 9 heteroatoms. The van der Waals surface area contributed by atoms with Crippen LogP contribution in [-0.2, 0) is 10.9 Å². The Morgan fingerprint density at radius 3 is 2.72 bits per heavy atom. The Balaban J connectivity index is 1.48. The summed E-state index contributed by atoms with van der Waals surface area (Å²) in [7, 11) is 0. The van der Waals surface area contributed by atoms with E-state index in [-0.39, 0.29) is 6.10 Å². The summed E-state index contributed by atoms with van der Waals surface area (Å²) in [4.78, 5) is 6.99. The molecule has 168 valence electrons. The minimum absolute atomic E-state index is 0.242. The maximum Gasteiger partial charge on any atom is 0.416 e. The molecule has 0 radical (unpaired) electrons. The number of ether oxygens (including phenoxy) is 1. The van der Waals surface area contributed by atoms with Gasteiger partial charge in [0.05, 0.1) is 53.5 Å². The number of pyridine rings is 1. The van der Waals surface area contributed by atoms with Gasteiger partial charge in [-0.3, -0.25) is 4.98 Å². The molecule has 6 rings (SSSR count). The van der Waals surface area contributed by atoms with Gasteiger partial charge in [-0.25, -0.2) is 0 Å². The first-order valence-corrected chi connectivity index (χ1v) is 10.7. The molecular formula is C23H24F3N5O. The number of nitrogens with one attached hydrogen (secondary N) is 1. The number of halogens is 3. The first kappa shape index (κ1) is 20.9. The summed E-state index contributed by atoms with van der Waals surface area (Å²) in [5.74, 6) is 0.503. The van der Waals surface area contributed by atoms with Gasteiger partial charge in [-0.05, 0) is 50.5 Å². The van der Waals surface area contributed by atoms with Gasteiger partial charge < -0.3 is 15.0 Å². The van der Waals surface area contributed by atoms with Crippen LogP contribution in [0, 0.1) is 6.92 Å². The first-order chi connectivity index (χ1) is 15.3. The Hall–Kier alpha value is -2.94. The van der Waals surface area contributed by atoms with Gasteiger partial charge in [0, 0.05) is 11.9 Å². The molecule has 1 aromatic carbocycles. The fraction of sp³-hybridized carbons (Fsp3) is 0.435. The largest absolute Gasteiger partial charge is 0.416 e. The molecule has 6 nitrogen and oxygen atoms in total. The number of benzene rings is 1. The summed E-state index contributed by atoms with van der Waals surface area (Å²) >= 11 is 0. The molecule has 0 aliphatic carbocycles. The summed E-state index contributed by atoms with van der Waals surface area (Å²) in [6.45, 7) is 5.20. The van der Waals surface area contributed by atoms with Crippen molar-refractivity contribution in [3.8, 4) is 0 Å². The molecule has 2 bridgehead atoms. The van der Waals surface area contributed by atoms with Crippen molar-refractivity contribution < 1.29 is 17.9 Å². The smallest absolute Gasteiger partial charge is 0.374 e. The standard InChI is InChI=1S/C23H24F3N5O/c1-13(15-4-3-5-16(8-15)23(24,25)26)28-22-20-9-18(10-27-21(20)14(2)29-30-22)31-11-19-7-6-17(31)12-32-19/h3-5,8-10,13,17,19H,6-7,11-12H2,1-2H3,(H,28,30)/t13-,17?,19?/m1/s1. The van der Waals surface area contributed by atoms with E-state index >= 15 is 0 Å². The zero-order valence-corrected chi connectivity index (χ0v) is 17.9. The van der Waals surface area contributed by atoms with Crippen molar-refractivity contribution in [2.45, 2.75) is 51.1 Å². The van der Waals surface area contributed by atoms with Crippen molar-refractivity contribution in [3.05, 3.63) is 53.3 Å². The minimum atomic E-state index is -4.39. The molecule has 3 saturated heterocycles. The Bertz CT molecular complexity index is 1140. The van der Waals surface area contributed by atoms with Gasteiger partial charge in [0.2, 0.25) is 0 Å². The number of aromatic nitrogens is 3. The molecule has 32 heavy (non-hydrogen) atoms. The van der Waals surface area contributed by atoms with Crippen LogP contribution in [0.25, 0.3) is 10.9 Å². The van der Waals surface area contributed by atoms with E-state index in [0.29, 0.717) is 29.7 Å². The fourth-order valence-electron chi connectivity index (χ4n) is 4.55. The summed E-state index contributed by atoms with van der Waals surface area (Å²) in [5, 5.41) is 12.6. The van der Waals surface area contributed by atoms with Crippen molar-refractivity contribution in [2.24, 2.45) is 0 Å². The van der Waals surface area contributed by atoms with Gasteiger partial charge in [0.25, 0.3) is 0 Å². The van der Waals surface area contributed by atoms with Crippen LogP contribution in [0.5, 0.6) is 0 Å². The van der Waals surface area contributed by atoms with E-state index in [1.165, 1.54) is 6.07 Å². The number of rotatable bonds is 4. The highest BCUT2D eigenvalue weighted by molar-refractivity contribution is 5.92. The van der Waals surface area contributed by atoms with Gasteiger partial charge in [-0.2, -0.15) is 18.3 Å². The molecule has 3 aliphatic heterocycles. The zero-order chi connectivity index (χ0) is 22.5. The molecule has 3 aromatic rings. The second kappa shape index (κ2) is 7.88. The van der Waals surface area contributed by atoms with E-state index in [9.17, 15) is 13.2 Å². The fourth-order valence-corrected chi connectivity index (χ4v) is 4.55. The van der Waals surface area contributed by atoms with Gasteiger partial charge in [-0.1, -0.05) is 12.1 Å². The third kappa shape index (κ3) is 3.85. The second-order valence-electron chi connectivity index (χ2n) is 8.55. The van der Waals surface area contributed by atoms with E-state index in [0.717, 1.165) is 48.1 Å². The minimum Gasteiger partial charge on any atom is -0.374 e. The van der Waals surface area contributed by atoms with Gasteiger partial charge in [-0.15, -0.1) is 5.10 Å². The molecule has 1 N–H and O–H groups in total. The summed E-state index contributed by atoms with van der Waals surface area (Å²) in [5.41, 5.74) is 2.27. The van der Waals surface area contributed by atoms with Gasteiger partial charge in [0.15, 0.2) is 5.82 Å². The average Bonchev–Trinajstić information content (AvgIpc) is 2.81. The molecule has 0 saturated carbocycles. The van der Waals surface area contributed by atoms with E-state index in [4.69, 9.17) is 4.74 Å². The van der Waals surface area contributed by atoms with Crippen molar-refractivity contribution >= 4 is 22.4 Å². The van der Waals surface area contributed by atoms with Crippen molar-refractivity contribution in [2.75, 3.05) is 23.4 Å². The Morgan fingerprint density at radius 1 is 1.19 bits per heavy atom. The number of nitrogens with zero attached hydrogens (tertiary/aromatic N) is 4. The quantitative estimate of drug-likeness (QED) is 0.619. The van der Waals surface area contributed by atoms with Crippen molar-refractivity contribution in [1.29, 1.82) is 0 Å². The Labute approximate surface area is 183 Å². The number of hydrogen-bond donors (Lipinski definition) is 1. The zero-order valence-electron chi connectivity index (χ0n) is 17.9. The van der Waals surface area contributed by atoms with Crippen molar-refractivity contribution in [1.82, 2.24) is 15.2 Å². The molecule has 5 heterocycles. The lowest BCUT2D eigenvalue weighted by molar-refractivity contribution is -0.137. The van der Waals surface area contributed by atoms with E-state index < -0.39 is 17.8 Å². The highest BCUT2D eigenvalue weighted by atomic mass is 19.4. The maximum absolute atomic E-state index is 13.1. The monoisotopic (exact) mass is 443 g/mol. The predicted molar refractivity (Wildman–Crippen MR) is 116 cm³/mol. The summed E-state index contributed by atoms with van der Waals surface area (Å²) < 4.78 is 45.2. The predicted octanol–water partition coefficient (Wildman–Crippen LogP) is 4.89. The highest BCUT2D eigenvalue weighted by Gasteiger charge is 2.35. The van der Waals surface area contributed by atoms with E-state index in [1.54, 1.807) is 13.0 Å². The number of aryl methyl sites for hydroxylation is 1. The third-order valence-electron chi connectivity index (χ3n) is 6.36. The third-order valence-corrected chi connectivity index (χ3v) is 6.36. The number of morpholine rings is 1. The SMILES string of the molecule is Cc1nnc(N[C@H](C)c2cccc(C(F)(F)F)c2)c2cc(N3CC4CCC3CO4)cnc12. The van der Waals surface area contributed by atoms with Gasteiger partial charge >= 0.3 is 6.18 Å². The molecular weight excluding hydrogens is 419 g/mol. The van der Waals surface area contributed by atoms with Crippen LogP contribution in [0.15, 0.2) is 36.5 Å². The number of fused-ring (bicyclic) bond motifs is 4. The van der Waals surface area contributed by atoms with Crippen LogP contribution in [0.3, 0.4) is 0 Å². The topological polar surface area (TPSA) is 63.2 Å². The molecule has 3 atom stereocenters. The van der Waals surface area contributed by atoms with E-state index in [2.05, 4.69) is 25.4 Å². The maximum atomic E-state index is 13.1. The normalized spacial score (nSPS) is 21.7. The Morgan fingerprint density at radius 2 is 2.03 bits per heavy atom. The molecule has 0 amide bonds. The summed E-state index contributed by atoms with van der Waals surface area (Å²) in [6, 6.07) is 7.30. The Kier molecular flexibility index (Phi) is 5.16. The van der Waals surface area contributed by atoms with Crippen LogP contribution < -0.4 is 10.2 Å². The highest BCUT2D eigenvalue weighted by Crippen LogP contribution is 2.35. The number of hydrogen-bond acceptors (Lipinski definition) is 6. The first-order valence-electron chi connectivity index (χ1n) is 10.7. The van der Waals surface area contributed by atoms with Gasteiger partial charge in [0.1, 0.15) is 0 Å². The lowest BCUT2D eigenvalue weighted by atomic mass is 9.96. The molecule has 2 aromatic heterocycles. The number of alkyl halides is 3. The van der Waals surface area contributed by atoms with Crippen LogP contribution in [0.2, 0.25) is 0 Å². The number of piperidine rings is 1.